The van der Waals surface area contributed by atoms with Crippen molar-refractivity contribution < 1.29 is 4.79 Å². The lowest BCUT2D eigenvalue weighted by atomic mass is 10.1. The lowest BCUT2D eigenvalue weighted by Gasteiger charge is -2.20. The van der Waals surface area contributed by atoms with E-state index in [1.165, 1.54) is 5.56 Å². The van der Waals surface area contributed by atoms with Crippen molar-refractivity contribution in [3.8, 4) is 0 Å². The SMILES string of the molecule is CCc1ccc(NC2NNNC2C(=O)NCc2cccc(Cl)c2)cc1. The number of amides is 1. The Kier molecular flexibility index (Phi) is 5.88. The molecule has 1 amide bonds. The average Bonchev–Trinajstić information content (AvgIpc) is 3.08. The van der Waals surface area contributed by atoms with Crippen molar-refractivity contribution >= 4 is 23.2 Å². The molecule has 0 radical (unpaired) electrons. The van der Waals surface area contributed by atoms with Crippen molar-refractivity contribution in [1.82, 2.24) is 21.7 Å². The summed E-state index contributed by atoms with van der Waals surface area (Å²) < 4.78 is 0. The van der Waals surface area contributed by atoms with Crippen molar-refractivity contribution in [3.05, 3.63) is 64.7 Å². The second kappa shape index (κ2) is 8.31. The largest absolute Gasteiger partial charge is 0.367 e. The van der Waals surface area contributed by atoms with E-state index < -0.39 is 6.04 Å². The Morgan fingerprint density at radius 3 is 2.64 bits per heavy atom. The number of hydrogen-bond donors (Lipinski definition) is 5. The maximum atomic E-state index is 12.5. The Hall–Kier alpha value is -2.12. The molecule has 0 aliphatic carbocycles. The van der Waals surface area contributed by atoms with Crippen LogP contribution < -0.4 is 27.0 Å². The van der Waals surface area contributed by atoms with Gasteiger partial charge in [0, 0.05) is 17.3 Å². The number of carbonyl (C=O) groups excluding carboxylic acids is 1. The molecular weight excluding hydrogens is 338 g/mol. The summed E-state index contributed by atoms with van der Waals surface area (Å²) in [6.07, 6.45) is 0.728. The van der Waals surface area contributed by atoms with E-state index in [2.05, 4.69) is 46.1 Å². The van der Waals surface area contributed by atoms with Crippen LogP contribution in [-0.4, -0.2) is 18.1 Å². The fourth-order valence-corrected chi connectivity index (χ4v) is 2.88. The number of nitrogens with one attached hydrogen (secondary N) is 5. The van der Waals surface area contributed by atoms with Gasteiger partial charge in [0.1, 0.15) is 12.2 Å². The predicted octanol–water partition coefficient (Wildman–Crippen LogP) is 1.94. The summed E-state index contributed by atoms with van der Waals surface area (Å²) in [6, 6.07) is 15.2. The number of aryl methyl sites for hydroxylation is 1. The van der Waals surface area contributed by atoms with Crippen LogP contribution in [0.2, 0.25) is 5.02 Å². The third-order valence-corrected chi connectivity index (χ3v) is 4.35. The maximum Gasteiger partial charge on any atom is 0.242 e. The zero-order valence-electron chi connectivity index (χ0n) is 14.0. The fraction of sp³-hybridized carbons (Fsp3) is 0.278. The van der Waals surface area contributed by atoms with E-state index in [4.69, 9.17) is 11.6 Å². The first-order valence-electron chi connectivity index (χ1n) is 8.29. The van der Waals surface area contributed by atoms with E-state index in [0.29, 0.717) is 11.6 Å². The first-order valence-corrected chi connectivity index (χ1v) is 8.67. The van der Waals surface area contributed by atoms with E-state index in [9.17, 15) is 4.79 Å². The first kappa shape index (κ1) is 17.7. The van der Waals surface area contributed by atoms with E-state index in [1.807, 2.05) is 36.4 Å². The van der Waals surface area contributed by atoms with Crippen LogP contribution in [0.1, 0.15) is 18.1 Å². The molecule has 1 fully saturated rings. The van der Waals surface area contributed by atoms with Gasteiger partial charge in [-0.2, -0.15) is 5.53 Å². The lowest BCUT2D eigenvalue weighted by molar-refractivity contribution is -0.123. The number of hydrogen-bond acceptors (Lipinski definition) is 5. The van der Waals surface area contributed by atoms with Gasteiger partial charge in [0.2, 0.25) is 5.91 Å². The molecule has 7 heteroatoms. The minimum Gasteiger partial charge on any atom is -0.367 e. The normalized spacial score (nSPS) is 19.6. The van der Waals surface area contributed by atoms with E-state index in [-0.39, 0.29) is 12.1 Å². The highest BCUT2D eigenvalue weighted by atomic mass is 35.5. The number of carbonyl (C=O) groups is 1. The summed E-state index contributed by atoms with van der Waals surface area (Å²) in [5.41, 5.74) is 11.9. The van der Waals surface area contributed by atoms with Crippen molar-refractivity contribution in [2.24, 2.45) is 0 Å². The molecule has 2 aromatic carbocycles. The average molecular weight is 360 g/mol. The highest BCUT2D eigenvalue weighted by molar-refractivity contribution is 6.30. The first-order chi connectivity index (χ1) is 12.2. The van der Waals surface area contributed by atoms with Gasteiger partial charge in [0.15, 0.2) is 0 Å². The number of halogens is 1. The van der Waals surface area contributed by atoms with E-state index in [1.54, 1.807) is 0 Å². The molecule has 3 rings (SSSR count). The van der Waals surface area contributed by atoms with Crippen LogP contribution in [0.4, 0.5) is 5.69 Å². The summed E-state index contributed by atoms with van der Waals surface area (Å²) in [5, 5.41) is 6.89. The molecule has 2 atom stereocenters. The molecular formula is C18H22ClN5O. The second-order valence-electron chi connectivity index (χ2n) is 5.91. The molecule has 0 aromatic heterocycles. The van der Waals surface area contributed by atoms with Crippen molar-refractivity contribution in [2.75, 3.05) is 5.32 Å². The Morgan fingerprint density at radius 1 is 1.12 bits per heavy atom. The zero-order chi connectivity index (χ0) is 17.6. The quantitative estimate of drug-likeness (QED) is 0.545. The smallest absolute Gasteiger partial charge is 0.242 e. The Labute approximate surface area is 152 Å². The monoisotopic (exact) mass is 359 g/mol. The number of rotatable bonds is 6. The van der Waals surface area contributed by atoms with Crippen LogP contribution in [0.15, 0.2) is 48.5 Å². The molecule has 1 aliphatic rings. The van der Waals surface area contributed by atoms with Crippen LogP contribution in [0.5, 0.6) is 0 Å². The second-order valence-corrected chi connectivity index (χ2v) is 6.35. The van der Waals surface area contributed by atoms with Crippen LogP contribution >= 0.6 is 11.6 Å². The summed E-state index contributed by atoms with van der Waals surface area (Å²) in [4.78, 5) is 12.5. The fourth-order valence-electron chi connectivity index (χ4n) is 2.66. The minimum absolute atomic E-state index is 0.111. The zero-order valence-corrected chi connectivity index (χ0v) is 14.7. The molecule has 0 spiro atoms. The Bertz CT molecular complexity index is 722. The molecule has 25 heavy (non-hydrogen) atoms. The Morgan fingerprint density at radius 2 is 1.92 bits per heavy atom. The molecule has 2 unspecified atom stereocenters. The molecule has 132 valence electrons. The van der Waals surface area contributed by atoms with Crippen LogP contribution in [-0.2, 0) is 17.8 Å². The summed E-state index contributed by atoms with van der Waals surface area (Å²) >= 11 is 5.97. The van der Waals surface area contributed by atoms with Gasteiger partial charge in [-0.1, -0.05) is 42.8 Å². The van der Waals surface area contributed by atoms with Crippen molar-refractivity contribution in [3.63, 3.8) is 0 Å². The molecule has 1 saturated heterocycles. The highest BCUT2D eigenvalue weighted by Gasteiger charge is 2.32. The topological polar surface area (TPSA) is 77.2 Å². The van der Waals surface area contributed by atoms with Gasteiger partial charge < -0.3 is 10.6 Å². The highest BCUT2D eigenvalue weighted by Crippen LogP contribution is 2.13. The van der Waals surface area contributed by atoms with Crippen molar-refractivity contribution in [1.29, 1.82) is 0 Å². The van der Waals surface area contributed by atoms with Gasteiger partial charge in [0.05, 0.1) is 0 Å². The molecule has 0 bridgehead atoms. The lowest BCUT2D eigenvalue weighted by Crippen LogP contribution is -2.50. The molecule has 0 saturated carbocycles. The van der Waals surface area contributed by atoms with E-state index >= 15 is 0 Å². The molecule has 6 nitrogen and oxygen atoms in total. The van der Waals surface area contributed by atoms with Crippen LogP contribution in [0, 0.1) is 0 Å². The van der Waals surface area contributed by atoms with Crippen LogP contribution in [0.25, 0.3) is 0 Å². The standard InChI is InChI=1S/C18H22ClN5O/c1-2-12-6-8-15(9-7-12)21-17-16(22-24-23-17)18(25)20-11-13-4-3-5-14(19)10-13/h3-10,16-17,21-24H,2,11H2,1H3,(H,20,25). The number of hydrazine groups is 2. The summed E-state index contributed by atoms with van der Waals surface area (Å²) in [6.45, 7) is 2.55. The van der Waals surface area contributed by atoms with Gasteiger partial charge in [-0.05, 0) is 41.8 Å². The van der Waals surface area contributed by atoms with Gasteiger partial charge >= 0.3 is 0 Å². The van der Waals surface area contributed by atoms with Crippen LogP contribution in [0.3, 0.4) is 0 Å². The number of anilines is 1. The summed E-state index contributed by atoms with van der Waals surface area (Å²) in [5.74, 6) is -0.111. The third kappa shape index (κ3) is 4.70. The maximum absolute atomic E-state index is 12.5. The molecule has 2 aromatic rings. The summed E-state index contributed by atoms with van der Waals surface area (Å²) in [7, 11) is 0. The minimum atomic E-state index is -0.454. The molecule has 1 aliphatic heterocycles. The van der Waals surface area contributed by atoms with E-state index in [0.717, 1.165) is 17.7 Å². The predicted molar refractivity (Wildman–Crippen MR) is 99.7 cm³/mol. The van der Waals surface area contributed by atoms with Gasteiger partial charge in [0.25, 0.3) is 0 Å². The number of benzene rings is 2. The van der Waals surface area contributed by atoms with Gasteiger partial charge in [-0.25, -0.2) is 10.9 Å². The molecule has 1 heterocycles. The van der Waals surface area contributed by atoms with Gasteiger partial charge in [-0.3, -0.25) is 4.79 Å². The van der Waals surface area contributed by atoms with Gasteiger partial charge in [-0.15, -0.1) is 0 Å². The molecule has 5 N–H and O–H groups in total. The third-order valence-electron chi connectivity index (χ3n) is 4.11. The Balaban J connectivity index is 1.57. The van der Waals surface area contributed by atoms with Crippen molar-refractivity contribution in [2.45, 2.75) is 32.1 Å².